The Bertz CT molecular complexity index is 1120. The van der Waals surface area contributed by atoms with Gasteiger partial charge in [-0.1, -0.05) is 17.7 Å². The van der Waals surface area contributed by atoms with E-state index in [0.717, 1.165) is 24.1 Å². The number of rotatable bonds is 5. The molecular weight excluding hydrogens is 460 g/mol. The summed E-state index contributed by atoms with van der Waals surface area (Å²) in [6.45, 7) is 4.60. The van der Waals surface area contributed by atoms with Crippen LogP contribution >= 0.6 is 0 Å². The minimum atomic E-state index is -0.636. The fourth-order valence-electron chi connectivity index (χ4n) is 5.05. The van der Waals surface area contributed by atoms with Crippen LogP contribution in [0.15, 0.2) is 42.5 Å². The van der Waals surface area contributed by atoms with Gasteiger partial charge in [0.15, 0.2) is 11.5 Å². The summed E-state index contributed by atoms with van der Waals surface area (Å²) in [4.78, 5) is 43.0. The Balaban J connectivity index is 1.24. The summed E-state index contributed by atoms with van der Waals surface area (Å²) >= 11 is 0. The second-order valence-corrected chi connectivity index (χ2v) is 9.67. The molecule has 2 fully saturated rings. The number of likely N-dealkylation sites (tertiary alicyclic amines) is 2. The normalized spacial score (nSPS) is 18.1. The Kier molecular flexibility index (Phi) is 6.97. The molecule has 0 spiro atoms. The maximum Gasteiger partial charge on any atom is 0.321 e. The number of carbonyl (C=O) groups is 3. The van der Waals surface area contributed by atoms with Gasteiger partial charge in [-0.25, -0.2) is 4.79 Å². The highest BCUT2D eigenvalue weighted by Gasteiger charge is 2.37. The van der Waals surface area contributed by atoms with Gasteiger partial charge in [-0.05, 0) is 68.9 Å². The second-order valence-electron chi connectivity index (χ2n) is 9.67. The first kappa shape index (κ1) is 24.0. The van der Waals surface area contributed by atoms with E-state index >= 15 is 0 Å². The van der Waals surface area contributed by atoms with Gasteiger partial charge in [-0.3, -0.25) is 9.59 Å². The molecule has 9 nitrogen and oxygen atoms in total. The van der Waals surface area contributed by atoms with Gasteiger partial charge in [0, 0.05) is 37.4 Å². The van der Waals surface area contributed by atoms with E-state index in [2.05, 4.69) is 10.6 Å². The van der Waals surface area contributed by atoms with Crippen molar-refractivity contribution >= 4 is 23.5 Å². The highest BCUT2D eigenvalue weighted by atomic mass is 16.7. The summed E-state index contributed by atoms with van der Waals surface area (Å²) in [7, 11) is 0. The second kappa shape index (κ2) is 10.5. The Morgan fingerprint density at radius 3 is 2.31 bits per heavy atom. The molecule has 190 valence electrons. The highest BCUT2D eigenvalue weighted by Crippen LogP contribution is 2.33. The number of piperidine rings is 1. The maximum atomic E-state index is 13.5. The van der Waals surface area contributed by atoms with Crippen LogP contribution in [0.25, 0.3) is 0 Å². The van der Waals surface area contributed by atoms with Crippen molar-refractivity contribution in [2.24, 2.45) is 5.92 Å². The molecule has 0 bridgehead atoms. The number of benzene rings is 2. The summed E-state index contributed by atoms with van der Waals surface area (Å²) in [5.41, 5.74) is 2.31. The minimum Gasteiger partial charge on any atom is -0.454 e. The zero-order valence-corrected chi connectivity index (χ0v) is 20.5. The molecule has 2 aromatic carbocycles. The number of nitrogens with one attached hydrogen (secondary N) is 2. The topological polar surface area (TPSA) is 100 Å². The molecule has 0 aliphatic carbocycles. The van der Waals surface area contributed by atoms with Crippen molar-refractivity contribution in [3.63, 3.8) is 0 Å². The van der Waals surface area contributed by atoms with Crippen LogP contribution in [0, 0.1) is 12.8 Å². The molecule has 3 heterocycles. The number of urea groups is 1. The van der Waals surface area contributed by atoms with Gasteiger partial charge in [0.1, 0.15) is 6.04 Å². The molecule has 36 heavy (non-hydrogen) atoms. The van der Waals surface area contributed by atoms with E-state index in [0.29, 0.717) is 56.1 Å². The first-order valence-electron chi connectivity index (χ1n) is 12.6. The van der Waals surface area contributed by atoms with Gasteiger partial charge in [0.05, 0.1) is 0 Å². The van der Waals surface area contributed by atoms with Crippen LogP contribution in [-0.4, -0.2) is 66.7 Å². The molecule has 9 heteroatoms. The van der Waals surface area contributed by atoms with Gasteiger partial charge < -0.3 is 29.9 Å². The maximum absolute atomic E-state index is 13.5. The lowest BCUT2D eigenvalue weighted by Crippen LogP contribution is -2.54. The highest BCUT2D eigenvalue weighted by molar-refractivity contribution is 5.98. The number of nitrogens with zero attached hydrogens (tertiary/aromatic N) is 2. The zero-order valence-electron chi connectivity index (χ0n) is 20.5. The van der Waals surface area contributed by atoms with Gasteiger partial charge in [-0.2, -0.15) is 0 Å². The lowest BCUT2D eigenvalue weighted by Gasteiger charge is -2.37. The van der Waals surface area contributed by atoms with Crippen molar-refractivity contribution in [3.8, 4) is 11.5 Å². The van der Waals surface area contributed by atoms with Crippen molar-refractivity contribution in [2.45, 2.75) is 38.6 Å². The Morgan fingerprint density at radius 1 is 0.889 bits per heavy atom. The fourth-order valence-corrected chi connectivity index (χ4v) is 5.05. The number of ether oxygens (including phenoxy) is 2. The molecule has 3 aliphatic heterocycles. The van der Waals surface area contributed by atoms with E-state index in [1.165, 1.54) is 0 Å². The first-order valence-corrected chi connectivity index (χ1v) is 12.6. The van der Waals surface area contributed by atoms with E-state index in [4.69, 9.17) is 9.47 Å². The number of fused-ring (bicyclic) bond motifs is 1. The molecule has 2 aromatic rings. The Morgan fingerprint density at radius 2 is 1.58 bits per heavy atom. The van der Waals surface area contributed by atoms with Crippen LogP contribution in [0.2, 0.25) is 0 Å². The summed E-state index contributed by atoms with van der Waals surface area (Å²) in [5.74, 6) is 0.722. The molecule has 5 rings (SSSR count). The van der Waals surface area contributed by atoms with Crippen molar-refractivity contribution in [2.75, 3.05) is 38.3 Å². The van der Waals surface area contributed by atoms with Crippen molar-refractivity contribution < 1.29 is 23.9 Å². The molecule has 1 atom stereocenters. The number of hydrogen-bond acceptors (Lipinski definition) is 5. The Hall–Kier alpha value is -3.75. The van der Waals surface area contributed by atoms with Gasteiger partial charge >= 0.3 is 6.03 Å². The summed E-state index contributed by atoms with van der Waals surface area (Å²) in [5, 5.41) is 5.96. The molecular formula is C27H32N4O5. The smallest absolute Gasteiger partial charge is 0.321 e. The SMILES string of the molecule is Cc1ccc(NC(=O)N2CCC([C@H](NC(=O)c3ccc4c(c3)OCO4)C(=O)N3CCCC3)CC2)cc1. The third-order valence-electron chi connectivity index (χ3n) is 7.21. The molecule has 4 amide bonds. The predicted octanol–water partition coefficient (Wildman–Crippen LogP) is 3.39. The minimum absolute atomic E-state index is 0.0378. The van der Waals surface area contributed by atoms with Crippen LogP contribution in [0.4, 0.5) is 10.5 Å². The zero-order chi connectivity index (χ0) is 25.1. The van der Waals surface area contributed by atoms with E-state index in [-0.39, 0.29) is 30.6 Å². The van der Waals surface area contributed by atoms with Crippen LogP contribution < -0.4 is 20.1 Å². The van der Waals surface area contributed by atoms with Crippen LogP contribution in [0.5, 0.6) is 11.5 Å². The number of hydrogen-bond donors (Lipinski definition) is 2. The third-order valence-corrected chi connectivity index (χ3v) is 7.21. The van der Waals surface area contributed by atoms with Crippen LogP contribution in [-0.2, 0) is 4.79 Å². The summed E-state index contributed by atoms with van der Waals surface area (Å²) < 4.78 is 10.7. The quantitative estimate of drug-likeness (QED) is 0.667. The molecule has 0 unspecified atom stereocenters. The van der Waals surface area contributed by atoms with E-state index in [1.807, 2.05) is 36.1 Å². The van der Waals surface area contributed by atoms with E-state index in [9.17, 15) is 14.4 Å². The standard InChI is InChI=1S/C27H32N4O5/c1-18-4-7-21(8-5-18)28-27(34)31-14-10-19(11-15-31)24(26(33)30-12-2-3-13-30)29-25(32)20-6-9-22-23(16-20)36-17-35-22/h4-9,16,19,24H,2-3,10-15,17H2,1H3,(H,28,34)(H,29,32)/t24-/m0/s1. The van der Waals surface area contributed by atoms with Gasteiger partial charge in [-0.15, -0.1) is 0 Å². The summed E-state index contributed by atoms with van der Waals surface area (Å²) in [6.07, 6.45) is 3.22. The largest absolute Gasteiger partial charge is 0.454 e. The Labute approximate surface area is 210 Å². The first-order chi connectivity index (χ1) is 17.5. The van der Waals surface area contributed by atoms with Crippen LogP contribution in [0.1, 0.15) is 41.6 Å². The average molecular weight is 493 g/mol. The van der Waals surface area contributed by atoms with E-state index in [1.54, 1.807) is 23.1 Å². The average Bonchev–Trinajstić information content (AvgIpc) is 3.60. The number of anilines is 1. The number of carbonyl (C=O) groups excluding carboxylic acids is 3. The lowest BCUT2D eigenvalue weighted by molar-refractivity contribution is -0.134. The van der Waals surface area contributed by atoms with Crippen molar-refractivity contribution in [3.05, 3.63) is 53.6 Å². The van der Waals surface area contributed by atoms with Crippen LogP contribution in [0.3, 0.4) is 0 Å². The molecule has 0 aromatic heterocycles. The monoisotopic (exact) mass is 492 g/mol. The predicted molar refractivity (Wildman–Crippen MR) is 134 cm³/mol. The molecule has 0 radical (unpaired) electrons. The number of amides is 4. The van der Waals surface area contributed by atoms with Crippen molar-refractivity contribution in [1.82, 2.24) is 15.1 Å². The molecule has 2 saturated heterocycles. The third kappa shape index (κ3) is 5.24. The summed E-state index contributed by atoms with van der Waals surface area (Å²) in [6, 6.07) is 11.9. The van der Waals surface area contributed by atoms with Gasteiger partial charge in [0.2, 0.25) is 12.7 Å². The molecule has 3 aliphatic rings. The molecule has 0 saturated carbocycles. The fraction of sp³-hybridized carbons (Fsp3) is 0.444. The van der Waals surface area contributed by atoms with Gasteiger partial charge in [0.25, 0.3) is 5.91 Å². The molecule has 2 N–H and O–H groups in total. The number of aryl methyl sites for hydroxylation is 1. The lowest BCUT2D eigenvalue weighted by atomic mass is 9.88. The van der Waals surface area contributed by atoms with E-state index < -0.39 is 6.04 Å². The van der Waals surface area contributed by atoms with Crippen molar-refractivity contribution in [1.29, 1.82) is 0 Å².